The second-order valence-corrected chi connectivity index (χ2v) is 10.0. The Morgan fingerprint density at radius 3 is 1.60 bits per heavy atom. The smallest absolute Gasteiger partial charge is 0.333 e. The fourth-order valence-corrected chi connectivity index (χ4v) is 4.00. The summed E-state index contributed by atoms with van der Waals surface area (Å²) in [5.41, 5.74) is 4.44. The third kappa shape index (κ3) is 13.0. The van der Waals surface area contributed by atoms with Crippen LogP contribution in [0, 0.1) is 0 Å². The van der Waals surface area contributed by atoms with Crippen LogP contribution >= 0.6 is 0 Å². The van der Waals surface area contributed by atoms with Crippen LogP contribution < -0.4 is 9.47 Å². The molecule has 8 heteroatoms. The van der Waals surface area contributed by atoms with Gasteiger partial charge in [0.05, 0.1) is 40.0 Å². The van der Waals surface area contributed by atoms with Crippen molar-refractivity contribution >= 4 is 30.1 Å². The molecule has 0 bridgehead atoms. The van der Waals surface area contributed by atoms with Crippen molar-refractivity contribution in [2.45, 2.75) is 32.1 Å². The zero-order valence-corrected chi connectivity index (χ0v) is 25.7. The van der Waals surface area contributed by atoms with E-state index in [9.17, 15) is 14.4 Å². The van der Waals surface area contributed by atoms with E-state index in [0.717, 1.165) is 52.7 Å². The van der Waals surface area contributed by atoms with Gasteiger partial charge in [-0.05, 0) is 72.2 Å². The van der Waals surface area contributed by atoms with Gasteiger partial charge in [0, 0.05) is 11.6 Å². The van der Waals surface area contributed by atoms with Crippen LogP contribution in [0.15, 0.2) is 97.6 Å². The van der Waals surface area contributed by atoms with E-state index in [0.29, 0.717) is 32.7 Å². The lowest BCUT2D eigenvalue weighted by Crippen LogP contribution is -2.13. The summed E-state index contributed by atoms with van der Waals surface area (Å²) in [6, 6.07) is 24.2. The van der Waals surface area contributed by atoms with Gasteiger partial charge in [-0.3, -0.25) is 4.79 Å². The Bertz CT molecular complexity index is 1420. The molecule has 0 fully saturated rings. The lowest BCUT2D eigenvalue weighted by atomic mass is 10.0. The van der Waals surface area contributed by atoms with Crippen molar-refractivity contribution in [1.29, 1.82) is 0 Å². The predicted molar refractivity (Wildman–Crippen MR) is 175 cm³/mol. The molecule has 0 radical (unpaired) electrons. The Morgan fingerprint density at radius 2 is 1.09 bits per heavy atom. The summed E-state index contributed by atoms with van der Waals surface area (Å²) in [7, 11) is 1.26. The number of carbonyl (C=O) groups is 3. The Hall–Kier alpha value is -5.11. The molecule has 3 aromatic carbocycles. The maximum atomic E-state index is 11.8. The molecule has 0 amide bonds. The second kappa shape index (κ2) is 19.2. The van der Waals surface area contributed by atoms with E-state index in [2.05, 4.69) is 54.3 Å². The van der Waals surface area contributed by atoms with Crippen LogP contribution in [0.4, 0.5) is 0 Å². The summed E-state index contributed by atoms with van der Waals surface area (Å²) < 4.78 is 26.2. The van der Waals surface area contributed by atoms with Gasteiger partial charge in [0.2, 0.25) is 0 Å². The van der Waals surface area contributed by atoms with E-state index in [1.807, 2.05) is 48.5 Å². The molecule has 3 aromatic rings. The van der Waals surface area contributed by atoms with Gasteiger partial charge in [-0.15, -0.1) is 0 Å². The van der Waals surface area contributed by atoms with Crippen molar-refractivity contribution in [3.05, 3.63) is 109 Å². The molecule has 0 saturated heterocycles. The van der Waals surface area contributed by atoms with Crippen molar-refractivity contribution in [2.24, 2.45) is 0 Å². The molecule has 0 heterocycles. The van der Waals surface area contributed by atoms with Gasteiger partial charge in [0.25, 0.3) is 0 Å². The Balaban J connectivity index is 1.34. The van der Waals surface area contributed by atoms with Crippen molar-refractivity contribution in [3.8, 4) is 22.6 Å². The number of hydrogen-bond donors (Lipinski definition) is 0. The summed E-state index contributed by atoms with van der Waals surface area (Å²) in [6.07, 6.45) is 7.98. The molecule has 0 aliphatic rings. The molecule has 8 nitrogen and oxygen atoms in total. The first-order valence-electron chi connectivity index (χ1n) is 14.8. The summed E-state index contributed by atoms with van der Waals surface area (Å²) in [5.74, 6) is 0.0537. The number of rotatable bonds is 19. The number of unbranched alkanes of at least 4 members (excludes halogenated alkanes) is 2. The van der Waals surface area contributed by atoms with E-state index < -0.39 is 17.9 Å². The number of hydrogen-bond acceptors (Lipinski definition) is 8. The van der Waals surface area contributed by atoms with Crippen LogP contribution in [0.2, 0.25) is 0 Å². The summed E-state index contributed by atoms with van der Waals surface area (Å²) in [6.45, 7) is 8.57. The maximum Gasteiger partial charge on any atom is 0.333 e. The molecular formula is C37H40O8. The van der Waals surface area contributed by atoms with Crippen LogP contribution in [0.3, 0.4) is 0 Å². The molecule has 0 saturated carbocycles. The van der Waals surface area contributed by atoms with E-state index >= 15 is 0 Å². The lowest BCUT2D eigenvalue weighted by molar-refractivity contribution is -0.144. The first-order chi connectivity index (χ1) is 21.9. The van der Waals surface area contributed by atoms with Crippen LogP contribution in [-0.4, -0.2) is 51.4 Å². The van der Waals surface area contributed by atoms with Crippen molar-refractivity contribution in [1.82, 2.24) is 0 Å². The number of benzene rings is 3. The topological polar surface area (TPSA) is 97.4 Å². The average Bonchev–Trinajstić information content (AvgIpc) is 3.07. The second-order valence-electron chi connectivity index (χ2n) is 10.0. The fourth-order valence-electron chi connectivity index (χ4n) is 4.00. The minimum atomic E-state index is -0.589. The van der Waals surface area contributed by atoms with Crippen molar-refractivity contribution in [2.75, 3.05) is 33.5 Å². The van der Waals surface area contributed by atoms with Crippen LogP contribution in [-0.2, 0) is 28.6 Å². The summed E-state index contributed by atoms with van der Waals surface area (Å²) in [4.78, 5) is 34.0. The first-order valence-corrected chi connectivity index (χ1v) is 14.8. The molecule has 0 aromatic heterocycles. The molecule has 3 rings (SSSR count). The van der Waals surface area contributed by atoms with E-state index in [4.69, 9.17) is 18.9 Å². The molecule has 0 spiro atoms. The Morgan fingerprint density at radius 1 is 0.644 bits per heavy atom. The predicted octanol–water partition coefficient (Wildman–Crippen LogP) is 7.23. The highest BCUT2D eigenvalue weighted by Gasteiger charge is 2.13. The zero-order valence-electron chi connectivity index (χ0n) is 25.7. The Kier molecular flexibility index (Phi) is 14.7. The largest absolute Gasteiger partial charge is 0.494 e. The monoisotopic (exact) mass is 612 g/mol. The normalized spacial score (nSPS) is 10.6. The van der Waals surface area contributed by atoms with Crippen LogP contribution in [0.5, 0.6) is 11.5 Å². The number of methoxy groups -OCH3 is 1. The van der Waals surface area contributed by atoms with Crippen molar-refractivity contribution in [3.63, 3.8) is 0 Å². The van der Waals surface area contributed by atoms with Crippen LogP contribution in [0.25, 0.3) is 23.3 Å². The number of ether oxygens (including phenoxy) is 5. The van der Waals surface area contributed by atoms with Gasteiger partial charge in [0.15, 0.2) is 0 Å². The van der Waals surface area contributed by atoms with Gasteiger partial charge in [-0.1, -0.05) is 73.8 Å². The fraction of sp³-hybridized carbons (Fsp3) is 0.270. The summed E-state index contributed by atoms with van der Waals surface area (Å²) >= 11 is 0. The van der Waals surface area contributed by atoms with E-state index in [1.54, 1.807) is 0 Å². The number of esters is 3. The number of carbonyl (C=O) groups excluding carboxylic acids is 3. The molecule has 0 unspecified atom stereocenters. The molecule has 45 heavy (non-hydrogen) atoms. The molecule has 0 N–H and O–H groups in total. The van der Waals surface area contributed by atoms with Gasteiger partial charge < -0.3 is 23.7 Å². The molecule has 0 aliphatic heterocycles. The third-order valence-corrected chi connectivity index (χ3v) is 6.58. The summed E-state index contributed by atoms with van der Waals surface area (Å²) in [5, 5.41) is 0. The van der Waals surface area contributed by atoms with E-state index in [1.165, 1.54) is 7.11 Å². The lowest BCUT2D eigenvalue weighted by Gasteiger charge is -2.08. The molecule has 0 atom stereocenters. The standard InChI is InChI=1S/C37H40O8/c1-4-35(38)44-25-7-5-23-43-34-21-17-32(18-22-34)31-15-11-29(12-16-31)9-10-30-13-19-33(20-14-30)42-24-6-8-26-45-37(40)28(2)27-36(39)41-3/h4,9-22H,1-2,5-8,23-27H2,3H3/b10-9+. The van der Waals surface area contributed by atoms with Gasteiger partial charge in [-0.2, -0.15) is 0 Å². The third-order valence-electron chi connectivity index (χ3n) is 6.58. The zero-order chi connectivity index (χ0) is 32.3. The highest BCUT2D eigenvalue weighted by atomic mass is 16.5. The average molecular weight is 613 g/mol. The maximum absolute atomic E-state index is 11.8. The highest BCUT2D eigenvalue weighted by molar-refractivity contribution is 5.93. The molecule has 236 valence electrons. The molecule has 0 aliphatic carbocycles. The van der Waals surface area contributed by atoms with Crippen LogP contribution in [0.1, 0.15) is 43.2 Å². The first kappa shape index (κ1) is 34.4. The van der Waals surface area contributed by atoms with Crippen molar-refractivity contribution < 1.29 is 38.1 Å². The minimum Gasteiger partial charge on any atom is -0.494 e. The molecular weight excluding hydrogens is 572 g/mol. The van der Waals surface area contributed by atoms with Gasteiger partial charge >= 0.3 is 17.9 Å². The SMILES string of the molecule is C=CC(=O)OCCCCOc1ccc(-c2ccc(/C=C/c3ccc(OCCCCOC(=O)C(=C)CC(=O)OC)cc3)cc2)cc1. The van der Waals surface area contributed by atoms with Gasteiger partial charge in [0.1, 0.15) is 11.5 Å². The minimum absolute atomic E-state index is 0.0775. The highest BCUT2D eigenvalue weighted by Crippen LogP contribution is 2.24. The Labute approximate surface area is 264 Å². The van der Waals surface area contributed by atoms with Gasteiger partial charge in [-0.25, -0.2) is 9.59 Å². The quantitative estimate of drug-likeness (QED) is 0.0460. The van der Waals surface area contributed by atoms with E-state index in [-0.39, 0.29) is 18.6 Å².